The lowest BCUT2D eigenvalue weighted by atomic mass is 10.0. The molecule has 19 N–H and O–H groups in total. The number of benzene rings is 1. The molecule has 4 aliphatic heterocycles. The number of phenolic OH excluding ortho intramolecular Hbond substituents is 1. The summed E-state index contributed by atoms with van der Waals surface area (Å²) in [6.07, 6.45) is -2.32. The van der Waals surface area contributed by atoms with Gasteiger partial charge in [0.2, 0.25) is 82.7 Å². The Morgan fingerprint density at radius 2 is 1.29 bits per heavy atom. The molecule has 2 bridgehead atoms. The number of amides is 14. The molecule has 0 aromatic heterocycles. The van der Waals surface area contributed by atoms with Crippen molar-refractivity contribution >= 4 is 132 Å². The average Bonchev–Trinajstić information content (AvgIpc) is 1.66. The molecule has 14 amide bonds. The lowest BCUT2D eigenvalue weighted by molar-refractivity contribution is -0.143. The molecular weight excluding hydrogens is 1310 g/mol. The van der Waals surface area contributed by atoms with Crippen LogP contribution < -0.4 is 75.3 Å². The SMILES string of the molecule is CC(C)C[C@@H]1NC(=O)[C@H](CCCCN)NC(=O)[C@H](Cc2ccc(O)cc2)NC(=O)CNC(=O)[C@@H]2CSSC[C@H](NC1=O)C(=O)N[C@@H](CCC(=O)O)C(=O)N1C[C@H](O)C[C@H]1C(=O)N[C@H](C(N)=O)CSSC[C@H](NC(=O)[C@@H](NC(=O)CNC(=O)[C@@H]1CCC(=O)N1)C(C)C)C(=O)N2. The second-order valence-electron chi connectivity index (χ2n) is 23.6. The third-order valence-corrected chi connectivity index (χ3v) is 20.0. The molecule has 1 aromatic carbocycles. The average molecular weight is 1400 g/mol. The summed E-state index contributed by atoms with van der Waals surface area (Å²) in [7, 11) is 3.47. The molecule has 520 valence electrons. The summed E-state index contributed by atoms with van der Waals surface area (Å²) in [5, 5.41) is 61.3. The Morgan fingerprint density at radius 3 is 1.91 bits per heavy atom. The van der Waals surface area contributed by atoms with Crippen molar-refractivity contribution in [2.24, 2.45) is 23.3 Å². The summed E-state index contributed by atoms with van der Waals surface area (Å²) in [6, 6.07) is -10.6. The minimum Gasteiger partial charge on any atom is -0.508 e. The Bertz CT molecular complexity index is 2930. The van der Waals surface area contributed by atoms with Crippen LogP contribution in [0.2, 0.25) is 0 Å². The Kier molecular flexibility index (Phi) is 31.2. The van der Waals surface area contributed by atoms with E-state index in [1.807, 2.05) is 0 Å². The number of rotatable bonds is 19. The highest BCUT2D eigenvalue weighted by Gasteiger charge is 2.44. The van der Waals surface area contributed by atoms with Gasteiger partial charge in [0, 0.05) is 55.2 Å². The van der Waals surface area contributed by atoms with Gasteiger partial charge in [-0.15, -0.1) is 0 Å². The zero-order chi connectivity index (χ0) is 69.3. The first-order chi connectivity index (χ1) is 44.5. The van der Waals surface area contributed by atoms with Gasteiger partial charge >= 0.3 is 5.97 Å². The van der Waals surface area contributed by atoms with Crippen LogP contribution in [0.5, 0.6) is 5.75 Å². The molecule has 33 nitrogen and oxygen atoms in total. The van der Waals surface area contributed by atoms with Crippen LogP contribution >= 0.6 is 43.2 Å². The molecular formula is C57H85N15O18S4. The lowest BCUT2D eigenvalue weighted by Crippen LogP contribution is -2.61. The number of aliphatic carboxylic acids is 1. The van der Waals surface area contributed by atoms with E-state index in [-0.39, 0.29) is 80.6 Å². The third kappa shape index (κ3) is 24.9. The second kappa shape index (κ2) is 38.1. The summed E-state index contributed by atoms with van der Waals surface area (Å²) >= 11 is 0. The number of fused-ring (bicyclic) bond motifs is 6. The van der Waals surface area contributed by atoms with Gasteiger partial charge in [-0.3, -0.25) is 71.9 Å². The highest BCUT2D eigenvalue weighted by Crippen LogP contribution is 2.27. The molecule has 37 heteroatoms. The molecule has 0 unspecified atom stereocenters. The van der Waals surface area contributed by atoms with Gasteiger partial charge in [-0.1, -0.05) is 83.0 Å². The van der Waals surface area contributed by atoms with Crippen molar-refractivity contribution < 1.29 is 87.2 Å². The fraction of sp³-hybridized carbons (Fsp3) is 0.632. The fourth-order valence-electron chi connectivity index (χ4n) is 10.1. The molecule has 0 saturated carbocycles. The Balaban J connectivity index is 1.60. The van der Waals surface area contributed by atoms with Gasteiger partial charge in [0.05, 0.1) is 19.2 Å². The van der Waals surface area contributed by atoms with Crippen LogP contribution in [0.15, 0.2) is 24.3 Å². The number of phenols is 1. The van der Waals surface area contributed by atoms with Crippen LogP contribution in [-0.2, 0) is 78.3 Å². The van der Waals surface area contributed by atoms with Crippen LogP contribution in [0.1, 0.15) is 91.0 Å². The first kappa shape index (κ1) is 77.1. The number of nitrogens with zero attached hydrogens (tertiary/aromatic N) is 1. The lowest BCUT2D eigenvalue weighted by Gasteiger charge is -2.31. The zero-order valence-electron chi connectivity index (χ0n) is 52.3. The molecule has 12 atom stereocenters. The van der Waals surface area contributed by atoms with Crippen LogP contribution in [0.3, 0.4) is 0 Å². The number of aliphatic hydroxyl groups excluding tert-OH is 1. The second-order valence-corrected chi connectivity index (χ2v) is 28.7. The van der Waals surface area contributed by atoms with E-state index in [9.17, 15) is 87.2 Å². The number of primary amides is 1. The van der Waals surface area contributed by atoms with E-state index >= 15 is 0 Å². The van der Waals surface area contributed by atoms with Gasteiger partial charge in [0.25, 0.3) is 0 Å². The van der Waals surface area contributed by atoms with E-state index < -0.39 is 205 Å². The minimum atomic E-state index is -1.74. The molecule has 0 aliphatic carbocycles. The summed E-state index contributed by atoms with van der Waals surface area (Å²) in [5.41, 5.74) is 12.0. The first-order valence-electron chi connectivity index (χ1n) is 30.6. The topological polar surface area (TPSA) is 516 Å². The maximum absolute atomic E-state index is 14.8. The maximum atomic E-state index is 14.8. The summed E-state index contributed by atoms with van der Waals surface area (Å²) in [6.45, 7) is 4.89. The van der Waals surface area contributed by atoms with Crippen molar-refractivity contribution in [3.63, 3.8) is 0 Å². The third-order valence-electron chi connectivity index (χ3n) is 15.2. The van der Waals surface area contributed by atoms with Crippen LogP contribution in [0, 0.1) is 11.8 Å². The molecule has 4 saturated heterocycles. The maximum Gasteiger partial charge on any atom is 0.303 e. The normalized spacial score (nSPS) is 26.5. The number of carboxylic acids is 1. The molecule has 1 aromatic rings. The largest absolute Gasteiger partial charge is 0.508 e. The minimum absolute atomic E-state index is 0.0251. The van der Waals surface area contributed by atoms with Crippen molar-refractivity contribution in [3.05, 3.63) is 29.8 Å². The van der Waals surface area contributed by atoms with Crippen molar-refractivity contribution in [2.75, 3.05) is 49.2 Å². The predicted octanol–water partition coefficient (Wildman–Crippen LogP) is -5.26. The number of carbonyl (C=O) groups excluding carboxylic acids is 14. The number of carbonyl (C=O) groups is 15. The highest BCUT2D eigenvalue weighted by molar-refractivity contribution is 8.77. The Labute approximate surface area is 557 Å². The zero-order valence-corrected chi connectivity index (χ0v) is 55.6. The van der Waals surface area contributed by atoms with Gasteiger partial charge in [-0.05, 0) is 74.6 Å². The van der Waals surface area contributed by atoms with Gasteiger partial charge in [0.1, 0.15) is 72.2 Å². The van der Waals surface area contributed by atoms with Gasteiger partial charge in [0.15, 0.2) is 0 Å². The standard InChI is InChI=1S/C57H85N15O18S4/c1-27(2)17-35-51(84)69-39-25-94-92-24-38(49(82)61-20-43(76)63-36(18-29-8-10-30(73)11-9-29)52(85)64-32(50(83)66-35)7-5-6-16-58)68-54(87)40(70-56(89)46(28(3)4)71-44(77)21-60-48(81)33-12-14-42(75)62-33)26-93-91-23-37(47(59)80)67-55(88)41-19-31(74)22-72(41)57(90)34(65-53(39)86)13-15-45(78)79/h8-11,27-28,31-41,46,73-74H,5-7,12-26,58H2,1-4H3,(H2,59,80)(H,60,81)(H,61,82)(H,62,75)(H,63,76)(H,64,85)(H,65,86)(H,66,83)(H,67,88)(H,68,87)(H,69,84)(H,70,89)(H,71,77)(H,78,79)/t31-,32+,33+,34+,35+,36+,37+,38+,39+,40+,41+,46+/m1/s1. The number of aromatic hydroxyl groups is 1. The fourth-order valence-corrected chi connectivity index (χ4v) is 14.7. The van der Waals surface area contributed by atoms with Crippen molar-refractivity contribution in [3.8, 4) is 5.75 Å². The molecule has 0 radical (unpaired) electrons. The van der Waals surface area contributed by atoms with Gasteiger partial charge in [-0.2, -0.15) is 0 Å². The van der Waals surface area contributed by atoms with E-state index in [0.717, 1.165) is 48.1 Å². The molecule has 5 rings (SSSR count). The van der Waals surface area contributed by atoms with E-state index in [1.54, 1.807) is 27.7 Å². The van der Waals surface area contributed by atoms with E-state index in [4.69, 9.17) is 11.5 Å². The summed E-state index contributed by atoms with van der Waals surface area (Å²) in [4.78, 5) is 208. The Hall–Kier alpha value is -7.61. The van der Waals surface area contributed by atoms with E-state index in [1.165, 1.54) is 24.3 Å². The molecule has 0 spiro atoms. The number of nitrogens with two attached hydrogens (primary N) is 2. The number of unbranched alkanes of at least 4 members (excludes halogenated alkanes) is 1. The van der Waals surface area contributed by atoms with Crippen molar-refractivity contribution in [1.82, 2.24) is 68.7 Å². The van der Waals surface area contributed by atoms with Gasteiger partial charge in [-0.25, -0.2) is 0 Å². The molecule has 4 fully saturated rings. The van der Waals surface area contributed by atoms with Crippen LogP contribution in [0.4, 0.5) is 0 Å². The van der Waals surface area contributed by atoms with E-state index in [2.05, 4.69) is 63.8 Å². The number of hydrogen-bond donors (Lipinski definition) is 17. The summed E-state index contributed by atoms with van der Waals surface area (Å²) in [5.74, 6) is -16.6. The predicted molar refractivity (Wildman–Crippen MR) is 346 cm³/mol. The monoisotopic (exact) mass is 1400 g/mol. The van der Waals surface area contributed by atoms with Crippen LogP contribution in [0.25, 0.3) is 0 Å². The number of aliphatic hydroxyl groups is 1. The van der Waals surface area contributed by atoms with Gasteiger partial charge < -0.3 is 95.5 Å². The summed E-state index contributed by atoms with van der Waals surface area (Å²) < 4.78 is 0. The molecule has 4 aliphatic rings. The number of hydrogen-bond acceptors (Lipinski definition) is 22. The quantitative estimate of drug-likeness (QED) is 0.0454. The number of carboxylic acid groups (broad SMARTS) is 1. The smallest absolute Gasteiger partial charge is 0.303 e. The first-order valence-corrected chi connectivity index (χ1v) is 35.5. The molecule has 94 heavy (non-hydrogen) atoms. The molecule has 4 heterocycles. The van der Waals surface area contributed by atoms with Crippen LogP contribution in [-0.4, -0.2) is 231 Å². The van der Waals surface area contributed by atoms with E-state index in [0.29, 0.717) is 12.0 Å². The Morgan fingerprint density at radius 1 is 0.670 bits per heavy atom. The van der Waals surface area contributed by atoms with Crippen molar-refractivity contribution in [2.45, 2.75) is 164 Å². The van der Waals surface area contributed by atoms with Crippen molar-refractivity contribution in [1.29, 1.82) is 0 Å². The highest BCUT2D eigenvalue weighted by atomic mass is 33.1. The number of nitrogens with one attached hydrogen (secondary N) is 12.